The van der Waals surface area contributed by atoms with E-state index in [1.54, 1.807) is 12.3 Å². The Hall–Kier alpha value is -1.66. The lowest BCUT2D eigenvalue weighted by Crippen LogP contribution is -2.50. The molecule has 4 N–H and O–H groups in total. The first-order valence-corrected chi connectivity index (χ1v) is 6.00. The van der Waals surface area contributed by atoms with E-state index < -0.39 is 12.2 Å². The van der Waals surface area contributed by atoms with Crippen LogP contribution in [0.1, 0.15) is 25.0 Å². The lowest BCUT2D eigenvalue weighted by Gasteiger charge is -2.31. The molecule has 18 heavy (non-hydrogen) atoms. The predicted molar refractivity (Wildman–Crippen MR) is 65.4 cm³/mol. The Bertz CT molecular complexity index is 416. The molecule has 2 rings (SSSR count). The molecule has 0 aromatic carbocycles. The summed E-state index contributed by atoms with van der Waals surface area (Å²) in [6.45, 7) is 0. The van der Waals surface area contributed by atoms with Crippen molar-refractivity contribution in [2.75, 3.05) is 0 Å². The number of nitrogens with one attached hydrogen (secondary N) is 2. The van der Waals surface area contributed by atoms with E-state index in [2.05, 4.69) is 15.3 Å². The molecule has 0 unspecified atom stereocenters. The fourth-order valence-corrected chi connectivity index (χ4v) is 2.07. The van der Waals surface area contributed by atoms with Gasteiger partial charge in [0.1, 0.15) is 0 Å². The molecule has 1 fully saturated rings. The minimum absolute atomic E-state index is 0.289. The minimum atomic E-state index is -0.886. The van der Waals surface area contributed by atoms with Crippen molar-refractivity contribution in [1.29, 1.82) is 0 Å². The first-order valence-electron chi connectivity index (χ1n) is 6.00. The van der Waals surface area contributed by atoms with Gasteiger partial charge in [-0.1, -0.05) is 0 Å². The van der Waals surface area contributed by atoms with E-state index in [1.807, 2.05) is 0 Å². The Morgan fingerprint density at radius 2 is 2.33 bits per heavy atom. The van der Waals surface area contributed by atoms with Crippen molar-refractivity contribution >= 4 is 12.0 Å². The maximum Gasteiger partial charge on any atom is 0.244 e. The molecule has 0 spiro atoms. The summed E-state index contributed by atoms with van der Waals surface area (Å²) in [5.41, 5.74) is 0.731. The highest BCUT2D eigenvalue weighted by molar-refractivity contribution is 5.91. The molecule has 6 nitrogen and oxygen atoms in total. The summed E-state index contributed by atoms with van der Waals surface area (Å²) in [6, 6.07) is -0.382. The molecule has 0 bridgehead atoms. The number of imidazole rings is 1. The molecule has 0 radical (unpaired) electrons. The number of nitrogens with zero attached hydrogens (tertiary/aromatic N) is 1. The summed E-state index contributed by atoms with van der Waals surface area (Å²) < 4.78 is 0. The molecule has 0 aliphatic heterocycles. The molecule has 98 valence electrons. The number of hydrogen-bond acceptors (Lipinski definition) is 4. The van der Waals surface area contributed by atoms with Gasteiger partial charge in [-0.25, -0.2) is 4.98 Å². The zero-order chi connectivity index (χ0) is 13.0. The zero-order valence-corrected chi connectivity index (χ0v) is 9.91. The van der Waals surface area contributed by atoms with Crippen LogP contribution in [0, 0.1) is 0 Å². The first-order chi connectivity index (χ1) is 8.66. The van der Waals surface area contributed by atoms with Gasteiger partial charge in [0.2, 0.25) is 5.91 Å². The van der Waals surface area contributed by atoms with Gasteiger partial charge >= 0.3 is 0 Å². The van der Waals surface area contributed by atoms with Crippen LogP contribution < -0.4 is 5.32 Å². The van der Waals surface area contributed by atoms with E-state index in [-0.39, 0.29) is 11.9 Å². The van der Waals surface area contributed by atoms with Crippen molar-refractivity contribution < 1.29 is 15.0 Å². The molecule has 1 aromatic heterocycles. The van der Waals surface area contributed by atoms with Gasteiger partial charge in [-0.2, -0.15) is 0 Å². The van der Waals surface area contributed by atoms with Gasteiger partial charge in [-0.15, -0.1) is 0 Å². The summed E-state index contributed by atoms with van der Waals surface area (Å²) in [7, 11) is 0. The second-order valence-electron chi connectivity index (χ2n) is 4.44. The highest BCUT2D eigenvalue weighted by atomic mass is 16.3. The van der Waals surface area contributed by atoms with E-state index in [1.165, 1.54) is 12.4 Å². The number of aliphatic hydroxyl groups excluding tert-OH is 2. The van der Waals surface area contributed by atoms with Crippen molar-refractivity contribution in [3.63, 3.8) is 0 Å². The molecule has 1 aliphatic rings. The Kier molecular flexibility index (Phi) is 4.11. The van der Waals surface area contributed by atoms with Crippen molar-refractivity contribution in [2.24, 2.45) is 0 Å². The number of H-pyrrole nitrogens is 1. The average Bonchev–Trinajstić information content (AvgIpc) is 2.86. The third-order valence-electron chi connectivity index (χ3n) is 3.08. The third kappa shape index (κ3) is 3.18. The summed E-state index contributed by atoms with van der Waals surface area (Å²) in [5, 5.41) is 21.9. The van der Waals surface area contributed by atoms with E-state index in [9.17, 15) is 15.0 Å². The van der Waals surface area contributed by atoms with Gasteiger partial charge in [0, 0.05) is 6.08 Å². The van der Waals surface area contributed by atoms with E-state index in [0.717, 1.165) is 12.1 Å². The van der Waals surface area contributed by atoms with Crippen molar-refractivity contribution in [3.05, 3.63) is 24.3 Å². The number of aromatic amines is 1. The largest absolute Gasteiger partial charge is 0.390 e. The van der Waals surface area contributed by atoms with Crippen molar-refractivity contribution in [2.45, 2.75) is 37.5 Å². The van der Waals surface area contributed by atoms with Crippen LogP contribution in [0.5, 0.6) is 0 Å². The lowest BCUT2D eigenvalue weighted by molar-refractivity contribution is -0.119. The molecule has 6 heteroatoms. The molecule has 1 saturated carbocycles. The summed E-state index contributed by atoms with van der Waals surface area (Å²) in [4.78, 5) is 18.3. The van der Waals surface area contributed by atoms with Crippen LogP contribution in [0.2, 0.25) is 0 Å². The number of carbonyl (C=O) groups is 1. The van der Waals surface area contributed by atoms with Gasteiger partial charge in [-0.3, -0.25) is 4.79 Å². The maximum absolute atomic E-state index is 11.6. The van der Waals surface area contributed by atoms with Gasteiger partial charge < -0.3 is 20.5 Å². The highest BCUT2D eigenvalue weighted by Crippen LogP contribution is 2.19. The number of amides is 1. The lowest BCUT2D eigenvalue weighted by atomic mass is 9.90. The Morgan fingerprint density at radius 1 is 1.50 bits per heavy atom. The molecule has 0 saturated heterocycles. The molecule has 1 aliphatic carbocycles. The zero-order valence-electron chi connectivity index (χ0n) is 9.91. The van der Waals surface area contributed by atoms with Gasteiger partial charge in [0.05, 0.1) is 36.5 Å². The Labute approximate surface area is 105 Å². The van der Waals surface area contributed by atoms with Crippen LogP contribution in [0.4, 0.5) is 0 Å². The quantitative estimate of drug-likeness (QED) is 0.560. The topological polar surface area (TPSA) is 98.2 Å². The van der Waals surface area contributed by atoms with Gasteiger partial charge in [0.15, 0.2) is 0 Å². The fourth-order valence-electron chi connectivity index (χ4n) is 2.07. The molecule has 3 atom stereocenters. The van der Waals surface area contributed by atoms with Crippen LogP contribution in [-0.4, -0.2) is 44.3 Å². The number of rotatable bonds is 3. The number of aromatic nitrogens is 2. The van der Waals surface area contributed by atoms with Crippen molar-refractivity contribution in [3.8, 4) is 0 Å². The molecule has 1 heterocycles. The molecular formula is C12H17N3O3. The molecule has 1 aromatic rings. The monoisotopic (exact) mass is 251 g/mol. The first kappa shape index (κ1) is 12.8. The second-order valence-corrected chi connectivity index (χ2v) is 4.44. The number of carbonyl (C=O) groups excluding carboxylic acids is 1. The van der Waals surface area contributed by atoms with Crippen LogP contribution >= 0.6 is 0 Å². The van der Waals surface area contributed by atoms with Crippen LogP contribution in [0.3, 0.4) is 0 Å². The standard InChI is InChI=1S/C12H17N3O3/c16-10-3-1-2-9(12(10)18)15-11(17)5-4-8-6-13-7-14-8/h4-7,9-10,12,16,18H,1-3H2,(H,13,14)(H,15,17)/b5-4+/t9-,10-,12-/m1/s1. The van der Waals surface area contributed by atoms with Crippen LogP contribution in [-0.2, 0) is 4.79 Å². The van der Waals surface area contributed by atoms with Crippen LogP contribution in [0.25, 0.3) is 6.08 Å². The molecular weight excluding hydrogens is 234 g/mol. The SMILES string of the molecule is O=C(/C=C/c1cnc[nH]1)N[C@@H]1CCC[C@@H](O)[C@@H]1O. The third-order valence-corrected chi connectivity index (χ3v) is 3.08. The van der Waals surface area contributed by atoms with E-state index in [0.29, 0.717) is 12.8 Å². The smallest absolute Gasteiger partial charge is 0.244 e. The number of aliphatic hydroxyl groups is 2. The fraction of sp³-hybridized carbons (Fsp3) is 0.500. The normalized spacial score (nSPS) is 28.4. The summed E-state index contributed by atoms with van der Waals surface area (Å²) in [5.74, 6) is -0.289. The maximum atomic E-state index is 11.6. The van der Waals surface area contributed by atoms with Gasteiger partial charge in [0.25, 0.3) is 0 Å². The average molecular weight is 251 g/mol. The predicted octanol–water partition coefficient (Wildman–Crippen LogP) is -0.187. The highest BCUT2D eigenvalue weighted by Gasteiger charge is 2.30. The minimum Gasteiger partial charge on any atom is -0.390 e. The van der Waals surface area contributed by atoms with E-state index >= 15 is 0 Å². The Morgan fingerprint density at radius 3 is 3.06 bits per heavy atom. The van der Waals surface area contributed by atoms with Crippen molar-refractivity contribution in [1.82, 2.24) is 15.3 Å². The van der Waals surface area contributed by atoms with E-state index in [4.69, 9.17) is 0 Å². The molecule has 1 amide bonds. The number of hydrogen-bond donors (Lipinski definition) is 4. The van der Waals surface area contributed by atoms with Crippen LogP contribution in [0.15, 0.2) is 18.6 Å². The van der Waals surface area contributed by atoms with Gasteiger partial charge in [-0.05, 0) is 25.3 Å². The second kappa shape index (κ2) is 5.79. The Balaban J connectivity index is 1.87. The summed E-state index contributed by atoms with van der Waals surface area (Å²) >= 11 is 0. The summed E-state index contributed by atoms with van der Waals surface area (Å²) in [6.07, 6.45) is 6.54.